The molecule has 0 bridgehead atoms. The zero-order valence-corrected chi connectivity index (χ0v) is 7.70. The van der Waals surface area contributed by atoms with Crippen LogP contribution in [0.5, 0.6) is 5.88 Å². The van der Waals surface area contributed by atoms with E-state index in [1.807, 2.05) is 0 Å². The van der Waals surface area contributed by atoms with Crippen LogP contribution < -0.4 is 14.7 Å². The maximum Gasteiger partial charge on any atom is 0.283 e. The Morgan fingerprint density at radius 1 is 1.77 bits per heavy atom. The van der Waals surface area contributed by atoms with E-state index in [2.05, 4.69) is 17.8 Å². The van der Waals surface area contributed by atoms with E-state index in [0.717, 1.165) is 12.3 Å². The molecule has 0 aliphatic rings. The molecule has 0 spiro atoms. The van der Waals surface area contributed by atoms with Crippen LogP contribution in [0.4, 0.5) is 10.1 Å². The van der Waals surface area contributed by atoms with E-state index in [9.17, 15) is 9.60 Å². The van der Waals surface area contributed by atoms with Gasteiger partial charge in [0.1, 0.15) is 18.6 Å². The topological polar surface area (TPSA) is 68.4 Å². The predicted octanol–water partition coefficient (Wildman–Crippen LogP) is 0.644. The Labute approximate surface area is 79.6 Å². The van der Waals surface area contributed by atoms with Crippen molar-refractivity contribution in [3.05, 3.63) is 18.1 Å². The first-order chi connectivity index (χ1) is 5.95. The van der Waals surface area contributed by atoms with Gasteiger partial charge in [-0.3, -0.25) is 0 Å². The fraction of sp³-hybridized carbons (Fsp3) is 0.167. The largest absolute Gasteiger partial charge is 0.477 e. The molecule has 0 saturated heterocycles. The van der Waals surface area contributed by atoms with Gasteiger partial charge >= 0.3 is 0 Å². The van der Waals surface area contributed by atoms with E-state index in [1.165, 1.54) is 7.11 Å². The number of rotatable bonds is 2. The smallest absolute Gasteiger partial charge is 0.283 e. The van der Waals surface area contributed by atoms with Gasteiger partial charge in [-0.2, -0.15) is 5.21 Å². The van der Waals surface area contributed by atoms with E-state index < -0.39 is 9.98 Å². The number of quaternary nitrogens is 1. The summed E-state index contributed by atoms with van der Waals surface area (Å²) in [6, 6.07) is 0.985. The summed E-state index contributed by atoms with van der Waals surface area (Å²) in [5.74, 6) is 4.56. The Kier molecular flexibility index (Phi) is 2.71. The highest BCUT2D eigenvalue weighted by Crippen LogP contribution is 2.29. The quantitative estimate of drug-likeness (QED) is 0.287. The number of ether oxygens (including phenoxy) is 1. The lowest BCUT2D eigenvalue weighted by Gasteiger charge is -2.15. The van der Waals surface area contributed by atoms with Crippen molar-refractivity contribution in [1.29, 1.82) is 0 Å². The Morgan fingerprint density at radius 3 is 2.85 bits per heavy atom. The average molecular weight is 206 g/mol. The van der Waals surface area contributed by atoms with Gasteiger partial charge in [0.05, 0.1) is 13.3 Å². The molecule has 0 aliphatic heterocycles. The maximum absolute atomic E-state index is 12.7. The fourth-order valence-electron chi connectivity index (χ4n) is 0.809. The van der Waals surface area contributed by atoms with Gasteiger partial charge in [0.15, 0.2) is 0 Å². The van der Waals surface area contributed by atoms with Crippen LogP contribution in [-0.2, 0) is 0 Å². The number of aromatic nitrogens is 1. The van der Waals surface area contributed by atoms with Crippen molar-refractivity contribution in [3.8, 4) is 5.88 Å². The minimum Gasteiger partial charge on any atom is -0.477 e. The van der Waals surface area contributed by atoms with Crippen LogP contribution in [0.2, 0.25) is 0 Å². The minimum atomic E-state index is -1.33. The minimum absolute atomic E-state index is 0.0152. The molecule has 0 radical (unpaired) electrons. The third kappa shape index (κ3) is 2.28. The molecule has 0 aliphatic carbocycles. The molecule has 0 amide bonds. The Balaban J connectivity index is 3.24. The molecule has 13 heavy (non-hydrogen) atoms. The van der Waals surface area contributed by atoms with Gasteiger partial charge in [-0.25, -0.2) is 9.37 Å². The first-order valence-electron chi connectivity index (χ1n) is 3.28. The lowest BCUT2D eigenvalue weighted by atomic mass is 10.4. The van der Waals surface area contributed by atoms with Gasteiger partial charge in [0.25, 0.3) is 11.6 Å². The number of nitrogens with zero attached hydrogens (tertiary/aromatic N) is 2. The predicted molar refractivity (Wildman–Crippen MR) is 47.5 cm³/mol. The lowest BCUT2D eigenvalue weighted by Crippen LogP contribution is -2.43. The Hall–Kier alpha value is -0.890. The van der Waals surface area contributed by atoms with Gasteiger partial charge in [-0.1, -0.05) is 0 Å². The molecule has 1 heterocycles. The van der Waals surface area contributed by atoms with Crippen LogP contribution in [-0.4, -0.2) is 17.3 Å². The first kappa shape index (κ1) is 10.2. The Morgan fingerprint density at radius 2 is 2.38 bits per heavy atom. The number of nitrogens with two attached hydrogens (primary N) is 1. The molecule has 0 aromatic carbocycles. The third-order valence-electron chi connectivity index (χ3n) is 1.35. The van der Waals surface area contributed by atoms with Gasteiger partial charge in [0.2, 0.25) is 0 Å². The second-order valence-electron chi connectivity index (χ2n) is 2.33. The number of thiol groups is 1. The summed E-state index contributed by atoms with van der Waals surface area (Å²) in [7, 11) is 1.33. The summed E-state index contributed by atoms with van der Waals surface area (Å²) in [5, 5.41) is 9.22. The summed E-state index contributed by atoms with van der Waals surface area (Å²) < 4.78 is 16.1. The number of methoxy groups -OCH3 is 1. The molecule has 7 heteroatoms. The molecule has 1 atom stereocenters. The summed E-state index contributed by atoms with van der Waals surface area (Å²) in [5.41, 5.74) is -0.0779. The first-order valence-corrected chi connectivity index (χ1v) is 3.68. The van der Waals surface area contributed by atoms with E-state index in [1.54, 1.807) is 0 Å². The normalized spacial score (nSPS) is 15.2. The zero-order valence-electron chi connectivity index (χ0n) is 6.81. The van der Waals surface area contributed by atoms with Crippen LogP contribution in [0.15, 0.2) is 12.3 Å². The average Bonchev–Trinajstić information content (AvgIpc) is 2.03. The molecular weight excluding hydrogens is 197 g/mol. The number of hydrogen-bond acceptors (Lipinski definition) is 5. The molecule has 1 rings (SSSR count). The molecule has 3 N–H and O–H groups in total. The molecule has 5 nitrogen and oxygen atoms in total. The van der Waals surface area contributed by atoms with Crippen LogP contribution in [0, 0.1) is 5.82 Å². The van der Waals surface area contributed by atoms with E-state index in [0.29, 0.717) is 0 Å². The molecule has 1 unspecified atom stereocenters. The second kappa shape index (κ2) is 3.46. The Bertz CT molecular complexity index is 315. The van der Waals surface area contributed by atoms with E-state index in [4.69, 9.17) is 10.6 Å². The molecule has 1 aromatic heterocycles. The van der Waals surface area contributed by atoms with Crippen LogP contribution >= 0.6 is 12.8 Å². The highest BCUT2D eigenvalue weighted by molar-refractivity contribution is 7.79. The van der Waals surface area contributed by atoms with E-state index >= 15 is 0 Å². The number of pyridine rings is 1. The molecule has 0 fully saturated rings. The fourth-order valence-corrected chi connectivity index (χ4v) is 0.952. The van der Waals surface area contributed by atoms with E-state index in [-0.39, 0.29) is 11.6 Å². The standard InChI is InChI=1S/C6H9FN3O2S/c1-12-6-5(10(8,11)13)2-4(7)3-9-6/h2-3,11,13H,8H2,1H3/q+1. The monoisotopic (exact) mass is 206 g/mol. The van der Waals surface area contributed by atoms with Crippen molar-refractivity contribution in [2.45, 2.75) is 0 Å². The molecular formula is C6H9FN3O2S+. The highest BCUT2D eigenvalue weighted by atomic mass is 32.1. The summed E-state index contributed by atoms with van der Waals surface area (Å²) in [6.07, 6.45) is 0.950. The van der Waals surface area contributed by atoms with Crippen molar-refractivity contribution in [2.24, 2.45) is 5.84 Å². The number of halogens is 1. The third-order valence-corrected chi connectivity index (χ3v) is 1.56. The van der Waals surface area contributed by atoms with Gasteiger partial charge in [-0.05, 0) is 4.16 Å². The zero-order chi connectivity index (χ0) is 10.1. The maximum atomic E-state index is 12.7. The molecule has 72 valence electrons. The van der Waals surface area contributed by atoms with Crippen LogP contribution in [0.25, 0.3) is 0 Å². The summed E-state index contributed by atoms with van der Waals surface area (Å²) >= 11 is 3.60. The van der Waals surface area contributed by atoms with Gasteiger partial charge in [0, 0.05) is 6.07 Å². The van der Waals surface area contributed by atoms with Crippen molar-refractivity contribution in [2.75, 3.05) is 7.11 Å². The van der Waals surface area contributed by atoms with Crippen LogP contribution in [0.3, 0.4) is 0 Å². The van der Waals surface area contributed by atoms with Gasteiger partial charge < -0.3 is 4.74 Å². The lowest BCUT2D eigenvalue weighted by molar-refractivity contribution is 0.0236. The number of hydrogen-bond donors (Lipinski definition) is 3. The molecule has 0 saturated carbocycles. The van der Waals surface area contributed by atoms with Gasteiger partial charge in [-0.15, -0.1) is 5.84 Å². The SMILES string of the molecule is COc1ncc(F)cc1[N+](N)(O)S. The van der Waals surface area contributed by atoms with Crippen molar-refractivity contribution >= 4 is 18.5 Å². The van der Waals surface area contributed by atoms with Crippen LogP contribution in [0.1, 0.15) is 0 Å². The van der Waals surface area contributed by atoms with Crippen molar-refractivity contribution in [3.63, 3.8) is 0 Å². The highest BCUT2D eigenvalue weighted by Gasteiger charge is 2.27. The molecule has 1 aromatic rings. The van der Waals surface area contributed by atoms with Crippen molar-refractivity contribution in [1.82, 2.24) is 9.14 Å². The second-order valence-corrected chi connectivity index (χ2v) is 2.94. The van der Waals surface area contributed by atoms with Crippen molar-refractivity contribution < 1.29 is 14.3 Å². The summed E-state index contributed by atoms with van der Waals surface area (Å²) in [6.45, 7) is 0. The summed E-state index contributed by atoms with van der Waals surface area (Å²) in [4.78, 5) is 3.56.